The Balaban J connectivity index is 1.85. The van der Waals surface area contributed by atoms with Crippen LogP contribution in [0.25, 0.3) is 0 Å². The highest BCUT2D eigenvalue weighted by atomic mass is 79.9. The number of aromatic nitrogens is 2. The molecule has 1 aromatic heterocycles. The lowest BCUT2D eigenvalue weighted by atomic mass is 10.0. The van der Waals surface area contributed by atoms with Gasteiger partial charge in [-0.25, -0.2) is 4.98 Å². The molecular formula is C19H26BrN5O. The van der Waals surface area contributed by atoms with Crippen molar-refractivity contribution in [3.8, 4) is 5.75 Å². The third kappa shape index (κ3) is 4.27. The lowest BCUT2D eigenvalue weighted by Crippen LogP contribution is -2.46. The summed E-state index contributed by atoms with van der Waals surface area (Å²) < 4.78 is 6.74. The first-order valence-electron chi connectivity index (χ1n) is 9.03. The second-order valence-electron chi connectivity index (χ2n) is 6.73. The van der Waals surface area contributed by atoms with Gasteiger partial charge in [-0.2, -0.15) is 4.98 Å². The molecule has 1 atom stereocenters. The van der Waals surface area contributed by atoms with Crippen LogP contribution in [0, 0.1) is 0 Å². The predicted octanol–water partition coefficient (Wildman–Crippen LogP) is 3.49. The number of piperazine rings is 1. The molecule has 1 aliphatic rings. The molecule has 0 radical (unpaired) electrons. The number of anilines is 2. The van der Waals surface area contributed by atoms with Gasteiger partial charge in [0, 0.05) is 30.2 Å². The number of hydrogen-bond acceptors (Lipinski definition) is 6. The molecule has 1 fully saturated rings. The minimum atomic E-state index is 0.178. The van der Waals surface area contributed by atoms with E-state index in [1.807, 2.05) is 19.1 Å². The molecule has 0 aliphatic carbocycles. The number of halogens is 1. The van der Waals surface area contributed by atoms with Crippen LogP contribution in [0.5, 0.6) is 5.75 Å². The lowest BCUT2D eigenvalue weighted by molar-refractivity contribution is 0.339. The average Bonchev–Trinajstić information content (AvgIpc) is 2.63. The molecule has 0 bridgehead atoms. The van der Waals surface area contributed by atoms with Gasteiger partial charge in [0.1, 0.15) is 11.6 Å². The van der Waals surface area contributed by atoms with E-state index in [2.05, 4.69) is 62.1 Å². The van der Waals surface area contributed by atoms with Crippen LogP contribution in [0.1, 0.15) is 44.0 Å². The highest BCUT2D eigenvalue weighted by Crippen LogP contribution is 2.31. The van der Waals surface area contributed by atoms with Gasteiger partial charge in [-0.05, 0) is 36.6 Å². The van der Waals surface area contributed by atoms with Crippen molar-refractivity contribution < 1.29 is 4.74 Å². The SMILES string of the molecule is CCOc1ccc(Br)c([C@@H]2CN(c3cc(C(C)C)nc(N)n3)CCN2)c1. The van der Waals surface area contributed by atoms with E-state index in [0.717, 1.165) is 41.4 Å². The van der Waals surface area contributed by atoms with Crippen LogP contribution in [0.15, 0.2) is 28.7 Å². The molecule has 0 spiro atoms. The third-order valence-corrected chi connectivity index (χ3v) is 5.22. The number of nitrogens with zero attached hydrogens (tertiary/aromatic N) is 3. The molecule has 6 nitrogen and oxygen atoms in total. The molecule has 1 saturated heterocycles. The molecule has 3 rings (SSSR count). The van der Waals surface area contributed by atoms with Crippen molar-refractivity contribution in [2.45, 2.75) is 32.7 Å². The highest BCUT2D eigenvalue weighted by molar-refractivity contribution is 9.10. The quantitative estimate of drug-likeness (QED) is 0.771. The van der Waals surface area contributed by atoms with Crippen LogP contribution in [0.4, 0.5) is 11.8 Å². The molecule has 2 aromatic rings. The first-order chi connectivity index (χ1) is 12.5. The normalized spacial score (nSPS) is 17.6. The van der Waals surface area contributed by atoms with Crippen molar-refractivity contribution in [2.24, 2.45) is 0 Å². The maximum Gasteiger partial charge on any atom is 0.222 e. The Morgan fingerprint density at radius 2 is 2.15 bits per heavy atom. The van der Waals surface area contributed by atoms with Gasteiger partial charge >= 0.3 is 0 Å². The van der Waals surface area contributed by atoms with Crippen LogP contribution < -0.4 is 20.7 Å². The topological polar surface area (TPSA) is 76.3 Å². The van der Waals surface area contributed by atoms with Crippen LogP contribution in [0.2, 0.25) is 0 Å². The summed E-state index contributed by atoms with van der Waals surface area (Å²) in [5.74, 6) is 2.43. The molecule has 0 saturated carbocycles. The first-order valence-corrected chi connectivity index (χ1v) is 9.82. The van der Waals surface area contributed by atoms with Crippen LogP contribution in [-0.2, 0) is 0 Å². The van der Waals surface area contributed by atoms with E-state index in [4.69, 9.17) is 10.5 Å². The number of nitrogens with one attached hydrogen (secondary N) is 1. The van der Waals surface area contributed by atoms with E-state index < -0.39 is 0 Å². The Morgan fingerprint density at radius 3 is 2.88 bits per heavy atom. The van der Waals surface area contributed by atoms with E-state index in [-0.39, 0.29) is 6.04 Å². The number of benzene rings is 1. The summed E-state index contributed by atoms with van der Waals surface area (Å²) in [7, 11) is 0. The van der Waals surface area contributed by atoms with Crippen molar-refractivity contribution in [3.05, 3.63) is 40.0 Å². The molecule has 2 heterocycles. The molecule has 0 unspecified atom stereocenters. The number of nitrogen functional groups attached to an aromatic ring is 1. The zero-order valence-electron chi connectivity index (χ0n) is 15.5. The minimum Gasteiger partial charge on any atom is -0.494 e. The van der Waals surface area contributed by atoms with Crippen molar-refractivity contribution in [1.29, 1.82) is 0 Å². The summed E-state index contributed by atoms with van der Waals surface area (Å²) in [5.41, 5.74) is 8.10. The lowest BCUT2D eigenvalue weighted by Gasteiger charge is -2.35. The Hall–Kier alpha value is -1.86. The molecule has 7 heteroatoms. The summed E-state index contributed by atoms with van der Waals surface area (Å²) >= 11 is 3.68. The Morgan fingerprint density at radius 1 is 1.35 bits per heavy atom. The Kier molecular flexibility index (Phi) is 5.98. The zero-order valence-corrected chi connectivity index (χ0v) is 17.1. The van der Waals surface area contributed by atoms with Gasteiger partial charge in [0.25, 0.3) is 0 Å². The zero-order chi connectivity index (χ0) is 18.7. The van der Waals surface area contributed by atoms with Crippen molar-refractivity contribution in [1.82, 2.24) is 15.3 Å². The molecule has 140 valence electrons. The average molecular weight is 420 g/mol. The summed E-state index contributed by atoms with van der Waals surface area (Å²) in [6.07, 6.45) is 0. The molecule has 3 N–H and O–H groups in total. The van der Waals surface area contributed by atoms with Gasteiger partial charge in [0.15, 0.2) is 0 Å². The first kappa shape index (κ1) is 18.9. The van der Waals surface area contributed by atoms with E-state index in [1.54, 1.807) is 0 Å². The van der Waals surface area contributed by atoms with E-state index in [9.17, 15) is 0 Å². The maximum atomic E-state index is 5.94. The summed E-state index contributed by atoms with van der Waals surface area (Å²) in [6.45, 7) is 9.44. The van der Waals surface area contributed by atoms with Gasteiger partial charge in [-0.3, -0.25) is 0 Å². The van der Waals surface area contributed by atoms with E-state index >= 15 is 0 Å². The number of rotatable bonds is 5. The molecule has 1 aromatic carbocycles. The Labute approximate surface area is 163 Å². The maximum absolute atomic E-state index is 5.94. The van der Waals surface area contributed by atoms with Gasteiger partial charge in [-0.15, -0.1) is 0 Å². The summed E-state index contributed by atoms with van der Waals surface area (Å²) in [4.78, 5) is 11.1. The fraction of sp³-hybridized carbons (Fsp3) is 0.474. The number of hydrogen-bond donors (Lipinski definition) is 2. The molecule has 26 heavy (non-hydrogen) atoms. The van der Waals surface area contributed by atoms with Gasteiger partial charge in [-0.1, -0.05) is 29.8 Å². The standard InChI is InChI=1S/C19H26BrN5O/c1-4-26-13-5-6-15(20)14(9-13)17-11-25(8-7-22-17)18-10-16(12(2)3)23-19(21)24-18/h5-6,9-10,12,17,22H,4,7-8,11H2,1-3H3,(H2,21,23,24)/t17-/m0/s1. The fourth-order valence-corrected chi connectivity index (χ4v) is 3.66. The van der Waals surface area contributed by atoms with Crippen molar-refractivity contribution >= 4 is 27.7 Å². The minimum absolute atomic E-state index is 0.178. The Bertz CT molecular complexity index is 768. The number of nitrogens with two attached hydrogens (primary N) is 1. The molecule has 0 amide bonds. The third-order valence-electron chi connectivity index (χ3n) is 4.49. The van der Waals surface area contributed by atoms with Gasteiger partial charge in [0.05, 0.1) is 18.3 Å². The summed E-state index contributed by atoms with van der Waals surface area (Å²) in [6, 6.07) is 8.35. The monoisotopic (exact) mass is 419 g/mol. The predicted molar refractivity (Wildman–Crippen MR) is 109 cm³/mol. The second-order valence-corrected chi connectivity index (χ2v) is 7.59. The van der Waals surface area contributed by atoms with E-state index in [1.165, 1.54) is 5.56 Å². The largest absolute Gasteiger partial charge is 0.494 e. The highest BCUT2D eigenvalue weighted by Gasteiger charge is 2.24. The van der Waals surface area contributed by atoms with E-state index in [0.29, 0.717) is 18.5 Å². The molecule has 1 aliphatic heterocycles. The van der Waals surface area contributed by atoms with Gasteiger partial charge in [0.2, 0.25) is 5.95 Å². The number of ether oxygens (including phenoxy) is 1. The second kappa shape index (κ2) is 8.22. The molecular weight excluding hydrogens is 394 g/mol. The van der Waals surface area contributed by atoms with Crippen molar-refractivity contribution in [2.75, 3.05) is 36.9 Å². The fourth-order valence-electron chi connectivity index (χ4n) is 3.14. The van der Waals surface area contributed by atoms with Gasteiger partial charge < -0.3 is 20.7 Å². The van der Waals surface area contributed by atoms with Crippen LogP contribution in [-0.4, -0.2) is 36.2 Å². The van der Waals surface area contributed by atoms with Crippen molar-refractivity contribution in [3.63, 3.8) is 0 Å². The van der Waals surface area contributed by atoms with Crippen LogP contribution >= 0.6 is 15.9 Å². The van der Waals surface area contributed by atoms with Crippen LogP contribution in [0.3, 0.4) is 0 Å². The smallest absolute Gasteiger partial charge is 0.222 e. The summed E-state index contributed by atoms with van der Waals surface area (Å²) in [5, 5.41) is 3.60.